The standard InChI is InChI=1S/C19H19NO6/c1-25-15-8-6-12(7-9-15)10-16(18(22)23)20-17(21)13-4-3-5-14(11-13)19(24)26-2/h3-9,11,16H,10H2,1-2H3,(H,20,21)(H,22,23)/t16-/m0/s1. The molecule has 7 nitrogen and oxygen atoms in total. The van der Waals surface area contributed by atoms with Gasteiger partial charge in [0.2, 0.25) is 0 Å². The third-order valence-electron chi connectivity index (χ3n) is 3.75. The van der Waals surface area contributed by atoms with Crippen molar-refractivity contribution in [3.05, 3.63) is 65.2 Å². The van der Waals surface area contributed by atoms with Gasteiger partial charge in [-0.05, 0) is 35.9 Å². The number of carbonyl (C=O) groups excluding carboxylic acids is 2. The molecule has 136 valence electrons. The highest BCUT2D eigenvalue weighted by Gasteiger charge is 2.21. The molecule has 0 aliphatic heterocycles. The van der Waals surface area contributed by atoms with Crippen LogP contribution in [0.5, 0.6) is 5.75 Å². The minimum absolute atomic E-state index is 0.113. The average molecular weight is 357 g/mol. The Balaban J connectivity index is 2.12. The topological polar surface area (TPSA) is 102 Å². The lowest BCUT2D eigenvalue weighted by Gasteiger charge is -2.15. The van der Waals surface area contributed by atoms with Gasteiger partial charge in [0.15, 0.2) is 0 Å². The van der Waals surface area contributed by atoms with Gasteiger partial charge in [0.25, 0.3) is 5.91 Å². The minimum atomic E-state index is -1.15. The Bertz CT molecular complexity index is 800. The number of aliphatic carboxylic acids is 1. The zero-order valence-corrected chi connectivity index (χ0v) is 14.4. The van der Waals surface area contributed by atoms with Crippen LogP contribution in [-0.2, 0) is 16.0 Å². The van der Waals surface area contributed by atoms with Gasteiger partial charge in [0, 0.05) is 12.0 Å². The summed E-state index contributed by atoms with van der Waals surface area (Å²) in [6.07, 6.45) is 0.113. The second-order valence-electron chi connectivity index (χ2n) is 5.49. The fourth-order valence-electron chi connectivity index (χ4n) is 2.34. The molecule has 0 saturated carbocycles. The Morgan fingerprint density at radius 2 is 1.69 bits per heavy atom. The van der Waals surface area contributed by atoms with E-state index in [2.05, 4.69) is 10.1 Å². The van der Waals surface area contributed by atoms with E-state index in [-0.39, 0.29) is 17.5 Å². The molecule has 0 aliphatic carbocycles. The Morgan fingerprint density at radius 3 is 2.27 bits per heavy atom. The minimum Gasteiger partial charge on any atom is -0.497 e. The van der Waals surface area contributed by atoms with Crippen LogP contribution in [0.3, 0.4) is 0 Å². The van der Waals surface area contributed by atoms with E-state index in [1.54, 1.807) is 24.3 Å². The van der Waals surface area contributed by atoms with Crippen LogP contribution in [0.15, 0.2) is 48.5 Å². The molecule has 1 amide bonds. The van der Waals surface area contributed by atoms with Crippen LogP contribution in [0.2, 0.25) is 0 Å². The highest BCUT2D eigenvalue weighted by atomic mass is 16.5. The van der Waals surface area contributed by atoms with Crippen molar-refractivity contribution in [1.29, 1.82) is 0 Å². The number of amides is 1. The lowest BCUT2D eigenvalue weighted by atomic mass is 10.0. The molecular weight excluding hydrogens is 338 g/mol. The Morgan fingerprint density at radius 1 is 1.04 bits per heavy atom. The van der Waals surface area contributed by atoms with Crippen molar-refractivity contribution in [3.63, 3.8) is 0 Å². The lowest BCUT2D eigenvalue weighted by Crippen LogP contribution is -2.42. The fourth-order valence-corrected chi connectivity index (χ4v) is 2.34. The van der Waals surface area contributed by atoms with Crippen molar-refractivity contribution in [2.24, 2.45) is 0 Å². The number of carboxylic acids is 1. The molecule has 2 N–H and O–H groups in total. The molecule has 0 unspecified atom stereocenters. The van der Waals surface area contributed by atoms with Gasteiger partial charge in [0.1, 0.15) is 11.8 Å². The maximum absolute atomic E-state index is 12.4. The fraction of sp³-hybridized carbons (Fsp3) is 0.211. The number of carbonyl (C=O) groups is 3. The maximum atomic E-state index is 12.4. The van der Waals surface area contributed by atoms with E-state index in [9.17, 15) is 19.5 Å². The number of esters is 1. The highest BCUT2D eigenvalue weighted by Crippen LogP contribution is 2.13. The van der Waals surface area contributed by atoms with E-state index in [0.717, 1.165) is 5.56 Å². The quantitative estimate of drug-likeness (QED) is 0.734. The summed E-state index contributed by atoms with van der Waals surface area (Å²) in [6, 6.07) is 11.7. The molecule has 2 rings (SSSR count). The van der Waals surface area contributed by atoms with Gasteiger partial charge in [-0.3, -0.25) is 4.79 Å². The van der Waals surface area contributed by atoms with E-state index in [1.165, 1.54) is 38.5 Å². The molecule has 2 aromatic rings. The van der Waals surface area contributed by atoms with E-state index < -0.39 is 23.9 Å². The van der Waals surface area contributed by atoms with Crippen molar-refractivity contribution in [2.75, 3.05) is 14.2 Å². The summed E-state index contributed by atoms with van der Waals surface area (Å²) < 4.78 is 9.67. The van der Waals surface area contributed by atoms with E-state index >= 15 is 0 Å². The van der Waals surface area contributed by atoms with Crippen LogP contribution in [0.25, 0.3) is 0 Å². The summed E-state index contributed by atoms with van der Waals surface area (Å²) in [5, 5.41) is 11.9. The molecule has 0 fully saturated rings. The predicted octanol–water partition coefficient (Wildman–Crippen LogP) is 1.91. The maximum Gasteiger partial charge on any atom is 0.337 e. The van der Waals surface area contributed by atoms with Gasteiger partial charge in [-0.25, -0.2) is 9.59 Å². The van der Waals surface area contributed by atoms with Crippen molar-refractivity contribution in [3.8, 4) is 5.75 Å². The van der Waals surface area contributed by atoms with Gasteiger partial charge in [-0.2, -0.15) is 0 Å². The zero-order chi connectivity index (χ0) is 19.1. The molecule has 2 aromatic carbocycles. The molecule has 0 heterocycles. The van der Waals surface area contributed by atoms with Crippen LogP contribution < -0.4 is 10.1 Å². The normalized spacial score (nSPS) is 11.3. The second kappa shape index (κ2) is 8.66. The first-order chi connectivity index (χ1) is 12.4. The molecule has 7 heteroatoms. The molecule has 0 aliphatic rings. The first-order valence-corrected chi connectivity index (χ1v) is 7.79. The van der Waals surface area contributed by atoms with Gasteiger partial charge in [-0.1, -0.05) is 18.2 Å². The molecule has 1 atom stereocenters. The SMILES string of the molecule is COC(=O)c1cccc(C(=O)N[C@@H](Cc2ccc(OC)cc2)C(=O)O)c1. The molecule has 0 saturated heterocycles. The van der Waals surface area contributed by atoms with Crippen LogP contribution >= 0.6 is 0 Å². The number of hydrogen-bond acceptors (Lipinski definition) is 5. The van der Waals surface area contributed by atoms with Crippen molar-refractivity contribution in [2.45, 2.75) is 12.5 Å². The lowest BCUT2D eigenvalue weighted by molar-refractivity contribution is -0.139. The van der Waals surface area contributed by atoms with Gasteiger partial charge in [0.05, 0.1) is 19.8 Å². The highest BCUT2D eigenvalue weighted by molar-refractivity contribution is 5.99. The first-order valence-electron chi connectivity index (χ1n) is 7.79. The third kappa shape index (κ3) is 4.83. The predicted molar refractivity (Wildman–Crippen MR) is 93.4 cm³/mol. The number of carboxylic acid groups (broad SMARTS) is 1. The number of hydrogen-bond donors (Lipinski definition) is 2. The second-order valence-corrected chi connectivity index (χ2v) is 5.49. The molecule has 0 radical (unpaired) electrons. The average Bonchev–Trinajstić information content (AvgIpc) is 2.67. The van der Waals surface area contributed by atoms with Crippen molar-refractivity contribution in [1.82, 2.24) is 5.32 Å². The van der Waals surface area contributed by atoms with Crippen LogP contribution in [0.1, 0.15) is 26.3 Å². The van der Waals surface area contributed by atoms with Crippen LogP contribution in [0.4, 0.5) is 0 Å². The molecule has 0 aromatic heterocycles. The van der Waals surface area contributed by atoms with Gasteiger partial charge in [-0.15, -0.1) is 0 Å². The number of nitrogens with one attached hydrogen (secondary N) is 1. The Kier molecular flexibility index (Phi) is 6.32. The largest absolute Gasteiger partial charge is 0.497 e. The summed E-state index contributed by atoms with van der Waals surface area (Å²) in [7, 11) is 2.78. The van der Waals surface area contributed by atoms with Crippen molar-refractivity contribution >= 4 is 17.8 Å². The smallest absolute Gasteiger partial charge is 0.337 e. The Hall–Kier alpha value is -3.35. The van der Waals surface area contributed by atoms with Gasteiger partial charge >= 0.3 is 11.9 Å². The summed E-state index contributed by atoms with van der Waals surface area (Å²) in [4.78, 5) is 35.4. The molecular formula is C19H19NO6. The molecule has 0 bridgehead atoms. The number of ether oxygens (including phenoxy) is 2. The van der Waals surface area contributed by atoms with E-state index in [4.69, 9.17) is 4.74 Å². The van der Waals surface area contributed by atoms with Gasteiger partial charge < -0.3 is 19.9 Å². The van der Waals surface area contributed by atoms with Crippen LogP contribution in [0, 0.1) is 0 Å². The zero-order valence-electron chi connectivity index (χ0n) is 14.4. The summed E-state index contributed by atoms with van der Waals surface area (Å²) in [5.74, 6) is -1.66. The number of benzene rings is 2. The van der Waals surface area contributed by atoms with E-state index in [1.807, 2.05) is 0 Å². The number of methoxy groups -OCH3 is 2. The summed E-state index contributed by atoms with van der Waals surface area (Å²) in [5.41, 5.74) is 1.12. The molecule has 0 spiro atoms. The summed E-state index contributed by atoms with van der Waals surface area (Å²) >= 11 is 0. The third-order valence-corrected chi connectivity index (χ3v) is 3.75. The van der Waals surface area contributed by atoms with Crippen molar-refractivity contribution < 1.29 is 29.0 Å². The Labute approximate surface area is 150 Å². The molecule has 26 heavy (non-hydrogen) atoms. The van der Waals surface area contributed by atoms with E-state index in [0.29, 0.717) is 5.75 Å². The number of rotatable bonds is 7. The van der Waals surface area contributed by atoms with Crippen LogP contribution in [-0.4, -0.2) is 43.2 Å². The first kappa shape index (κ1) is 19.0. The monoisotopic (exact) mass is 357 g/mol. The summed E-state index contributed by atoms with van der Waals surface area (Å²) in [6.45, 7) is 0.